The Labute approximate surface area is 117 Å². The molecule has 0 unspecified atom stereocenters. The van der Waals surface area contributed by atoms with Gasteiger partial charge in [-0.25, -0.2) is 0 Å². The molecule has 3 nitrogen and oxygen atoms in total. The summed E-state index contributed by atoms with van der Waals surface area (Å²) in [5.74, 6) is -0.267. The van der Waals surface area contributed by atoms with E-state index in [2.05, 4.69) is 6.92 Å². The van der Waals surface area contributed by atoms with Gasteiger partial charge >= 0.3 is 5.97 Å². The van der Waals surface area contributed by atoms with Crippen LogP contribution in [0, 0.1) is 0 Å². The van der Waals surface area contributed by atoms with Crippen LogP contribution >= 0.6 is 0 Å². The molecule has 0 rings (SSSR count). The van der Waals surface area contributed by atoms with E-state index in [1.165, 1.54) is 25.7 Å². The zero-order valence-corrected chi connectivity index (χ0v) is 12.5. The zero-order chi connectivity index (χ0) is 14.3. The first-order valence-corrected chi connectivity index (χ1v) is 7.90. The average molecular weight is 270 g/mol. The van der Waals surface area contributed by atoms with Gasteiger partial charge in [-0.05, 0) is 19.3 Å². The van der Waals surface area contributed by atoms with Crippen LogP contribution in [0.2, 0.25) is 0 Å². The number of hydrogen-bond acceptors (Lipinski definition) is 2. The smallest absolute Gasteiger partial charge is 0.303 e. The number of carboxylic acid groups (broad SMARTS) is 1. The maximum atomic E-state index is 11.5. The van der Waals surface area contributed by atoms with Crippen molar-refractivity contribution in [2.75, 3.05) is 0 Å². The monoisotopic (exact) mass is 270 g/mol. The summed E-state index contributed by atoms with van der Waals surface area (Å²) in [6.07, 6.45) is 12.7. The molecule has 0 aliphatic heterocycles. The molecule has 3 heteroatoms. The number of carboxylic acids is 1. The van der Waals surface area contributed by atoms with Gasteiger partial charge in [0.1, 0.15) is 5.78 Å². The average Bonchev–Trinajstić information content (AvgIpc) is 2.36. The van der Waals surface area contributed by atoms with Crippen molar-refractivity contribution in [2.45, 2.75) is 90.4 Å². The lowest BCUT2D eigenvalue weighted by molar-refractivity contribution is -0.137. The quantitative estimate of drug-likeness (QED) is 0.464. The summed E-state index contributed by atoms with van der Waals surface area (Å²) in [6, 6.07) is 0. The minimum atomic E-state index is -0.693. The topological polar surface area (TPSA) is 54.4 Å². The molecule has 0 aromatic rings. The lowest BCUT2D eigenvalue weighted by Crippen LogP contribution is -1.97. The summed E-state index contributed by atoms with van der Waals surface area (Å²) in [4.78, 5) is 21.8. The number of carbonyl (C=O) groups is 2. The fourth-order valence-electron chi connectivity index (χ4n) is 2.18. The van der Waals surface area contributed by atoms with Gasteiger partial charge in [-0.1, -0.05) is 51.9 Å². The summed E-state index contributed by atoms with van der Waals surface area (Å²) >= 11 is 0. The molecule has 0 aliphatic carbocycles. The standard InChI is InChI=1S/C16H30O3/c1-2-3-9-12-15(17)13-10-7-5-4-6-8-11-14-16(18)19/h2-14H2,1H3,(H,18,19). The Morgan fingerprint density at radius 2 is 1.11 bits per heavy atom. The van der Waals surface area contributed by atoms with E-state index in [9.17, 15) is 9.59 Å². The molecule has 1 N–H and O–H groups in total. The molecule has 19 heavy (non-hydrogen) atoms. The van der Waals surface area contributed by atoms with Crippen LogP contribution in [-0.4, -0.2) is 16.9 Å². The largest absolute Gasteiger partial charge is 0.481 e. The van der Waals surface area contributed by atoms with Crippen LogP contribution in [0.15, 0.2) is 0 Å². The molecule has 0 aromatic heterocycles. The van der Waals surface area contributed by atoms with Gasteiger partial charge in [0.05, 0.1) is 0 Å². The van der Waals surface area contributed by atoms with E-state index in [4.69, 9.17) is 5.11 Å². The van der Waals surface area contributed by atoms with Gasteiger partial charge < -0.3 is 5.11 Å². The second-order valence-corrected chi connectivity index (χ2v) is 5.36. The van der Waals surface area contributed by atoms with E-state index in [1.807, 2.05) is 0 Å². The van der Waals surface area contributed by atoms with E-state index < -0.39 is 5.97 Å². The summed E-state index contributed by atoms with van der Waals surface area (Å²) in [7, 11) is 0. The molecule has 0 bridgehead atoms. The number of carbonyl (C=O) groups excluding carboxylic acids is 1. The highest BCUT2D eigenvalue weighted by atomic mass is 16.4. The number of rotatable bonds is 14. The highest BCUT2D eigenvalue weighted by Crippen LogP contribution is 2.11. The first kappa shape index (κ1) is 18.1. The molecule has 112 valence electrons. The lowest BCUT2D eigenvalue weighted by atomic mass is 10.0. The minimum absolute atomic E-state index is 0.298. The van der Waals surface area contributed by atoms with Crippen LogP contribution in [0.3, 0.4) is 0 Å². The van der Waals surface area contributed by atoms with Crippen LogP contribution in [0.1, 0.15) is 90.4 Å². The molecule has 0 saturated carbocycles. The molecule has 0 fully saturated rings. The van der Waals surface area contributed by atoms with Crippen LogP contribution in [0.5, 0.6) is 0 Å². The molecule has 0 radical (unpaired) electrons. The second-order valence-electron chi connectivity index (χ2n) is 5.36. The molecule has 0 amide bonds. The zero-order valence-electron chi connectivity index (χ0n) is 12.5. The van der Waals surface area contributed by atoms with Crippen molar-refractivity contribution >= 4 is 11.8 Å². The molecule has 0 atom stereocenters. The van der Waals surface area contributed by atoms with Crippen molar-refractivity contribution in [3.63, 3.8) is 0 Å². The van der Waals surface area contributed by atoms with E-state index in [0.29, 0.717) is 12.2 Å². The Hall–Kier alpha value is -0.860. The van der Waals surface area contributed by atoms with Gasteiger partial charge in [0.15, 0.2) is 0 Å². The van der Waals surface area contributed by atoms with Gasteiger partial charge in [0.25, 0.3) is 0 Å². The number of ketones is 1. The van der Waals surface area contributed by atoms with Crippen LogP contribution in [0.25, 0.3) is 0 Å². The molecular weight excluding hydrogens is 240 g/mol. The molecule has 0 aliphatic rings. The summed E-state index contributed by atoms with van der Waals surface area (Å²) in [5.41, 5.74) is 0. The van der Waals surface area contributed by atoms with Gasteiger partial charge in [0.2, 0.25) is 0 Å². The number of hydrogen-bond donors (Lipinski definition) is 1. The first-order valence-electron chi connectivity index (χ1n) is 7.90. The highest BCUT2D eigenvalue weighted by molar-refractivity contribution is 5.78. The molecule has 0 heterocycles. The lowest BCUT2D eigenvalue weighted by Gasteiger charge is -2.02. The second kappa shape index (κ2) is 13.6. The Kier molecular flexibility index (Phi) is 13.0. The van der Waals surface area contributed by atoms with Crippen molar-refractivity contribution in [1.82, 2.24) is 0 Å². The van der Waals surface area contributed by atoms with Crippen molar-refractivity contribution in [3.8, 4) is 0 Å². The van der Waals surface area contributed by atoms with E-state index in [1.54, 1.807) is 0 Å². The van der Waals surface area contributed by atoms with Crippen molar-refractivity contribution < 1.29 is 14.7 Å². The highest BCUT2D eigenvalue weighted by Gasteiger charge is 2.01. The van der Waals surface area contributed by atoms with Crippen LogP contribution in [-0.2, 0) is 9.59 Å². The molecule has 0 spiro atoms. The normalized spacial score (nSPS) is 10.6. The predicted octanol–water partition coefficient (Wildman–Crippen LogP) is 4.73. The van der Waals surface area contributed by atoms with Crippen molar-refractivity contribution in [2.24, 2.45) is 0 Å². The first-order chi connectivity index (χ1) is 9.16. The third-order valence-electron chi connectivity index (χ3n) is 3.41. The predicted molar refractivity (Wildman–Crippen MR) is 78.3 cm³/mol. The van der Waals surface area contributed by atoms with E-state index in [0.717, 1.165) is 51.4 Å². The number of unbranched alkanes of at least 4 members (excludes halogenated alkanes) is 8. The van der Waals surface area contributed by atoms with Gasteiger partial charge in [-0.3, -0.25) is 9.59 Å². The Morgan fingerprint density at radius 1 is 0.684 bits per heavy atom. The van der Waals surface area contributed by atoms with Crippen molar-refractivity contribution in [1.29, 1.82) is 0 Å². The van der Waals surface area contributed by atoms with Crippen LogP contribution in [0.4, 0.5) is 0 Å². The number of aliphatic carboxylic acids is 1. The Balaban J connectivity index is 3.13. The van der Waals surface area contributed by atoms with E-state index in [-0.39, 0.29) is 0 Å². The Morgan fingerprint density at radius 3 is 1.58 bits per heavy atom. The fourth-order valence-corrected chi connectivity index (χ4v) is 2.18. The Bertz CT molecular complexity index is 236. The summed E-state index contributed by atoms with van der Waals surface area (Å²) in [5, 5.41) is 8.48. The van der Waals surface area contributed by atoms with Crippen LogP contribution < -0.4 is 0 Å². The van der Waals surface area contributed by atoms with Gasteiger partial charge in [-0.15, -0.1) is 0 Å². The number of Topliss-reactive ketones (excluding diaryl/α,β-unsaturated/α-hetero) is 1. The van der Waals surface area contributed by atoms with Gasteiger partial charge in [-0.2, -0.15) is 0 Å². The van der Waals surface area contributed by atoms with Crippen molar-refractivity contribution in [3.05, 3.63) is 0 Å². The molecular formula is C16H30O3. The third kappa shape index (κ3) is 15.1. The summed E-state index contributed by atoms with van der Waals surface area (Å²) in [6.45, 7) is 2.15. The minimum Gasteiger partial charge on any atom is -0.481 e. The SMILES string of the molecule is CCCCCC(=O)CCCCCCCCCC(=O)O. The van der Waals surface area contributed by atoms with E-state index >= 15 is 0 Å². The maximum absolute atomic E-state index is 11.5. The molecule has 0 saturated heterocycles. The fraction of sp³-hybridized carbons (Fsp3) is 0.875. The van der Waals surface area contributed by atoms with Gasteiger partial charge in [0, 0.05) is 19.3 Å². The summed E-state index contributed by atoms with van der Waals surface area (Å²) < 4.78 is 0. The maximum Gasteiger partial charge on any atom is 0.303 e. The third-order valence-corrected chi connectivity index (χ3v) is 3.41. The molecule has 0 aromatic carbocycles.